The minimum Gasteiger partial charge on any atom is -0.464 e. The Morgan fingerprint density at radius 2 is 2.10 bits per heavy atom. The molecule has 0 atom stereocenters. The summed E-state index contributed by atoms with van der Waals surface area (Å²) in [7, 11) is 1.34. The van der Waals surface area contributed by atoms with Gasteiger partial charge < -0.3 is 15.4 Å². The average Bonchev–Trinajstić information content (AvgIpc) is 2.49. The lowest BCUT2D eigenvalue weighted by Gasteiger charge is -2.36. The molecule has 0 radical (unpaired) electrons. The summed E-state index contributed by atoms with van der Waals surface area (Å²) in [4.78, 5) is 22.2. The SMILES string of the molecule is CCN(c1cncc(C(=O)OC)n1)C1CCC(N)CC1. The maximum absolute atomic E-state index is 11.5. The third kappa shape index (κ3) is 3.25. The van der Waals surface area contributed by atoms with Crippen LogP contribution in [0, 0.1) is 0 Å². The van der Waals surface area contributed by atoms with E-state index in [2.05, 4.69) is 26.5 Å². The van der Waals surface area contributed by atoms with E-state index in [0.29, 0.717) is 12.1 Å². The second kappa shape index (κ2) is 6.65. The van der Waals surface area contributed by atoms with Gasteiger partial charge in [-0.2, -0.15) is 0 Å². The molecule has 1 aliphatic carbocycles. The van der Waals surface area contributed by atoms with E-state index < -0.39 is 5.97 Å². The van der Waals surface area contributed by atoms with Crippen LogP contribution in [0.2, 0.25) is 0 Å². The van der Waals surface area contributed by atoms with Crippen LogP contribution in [-0.4, -0.2) is 41.7 Å². The van der Waals surface area contributed by atoms with Crippen LogP contribution in [0.15, 0.2) is 12.4 Å². The molecule has 0 bridgehead atoms. The standard InChI is InChI=1S/C14H22N4O2/c1-3-18(11-6-4-10(15)5-7-11)13-9-16-8-12(17-13)14(19)20-2/h8-11H,3-7,15H2,1-2H3. The summed E-state index contributed by atoms with van der Waals surface area (Å²) in [5.74, 6) is 0.275. The Balaban J connectivity index is 2.17. The van der Waals surface area contributed by atoms with Crippen molar-refractivity contribution in [1.82, 2.24) is 9.97 Å². The van der Waals surface area contributed by atoms with Gasteiger partial charge in [0.25, 0.3) is 0 Å². The van der Waals surface area contributed by atoms with E-state index in [-0.39, 0.29) is 5.69 Å². The molecule has 2 rings (SSSR count). The van der Waals surface area contributed by atoms with Gasteiger partial charge in [0.05, 0.1) is 19.5 Å². The van der Waals surface area contributed by atoms with E-state index >= 15 is 0 Å². The van der Waals surface area contributed by atoms with Crippen molar-refractivity contribution in [2.75, 3.05) is 18.6 Å². The number of carbonyl (C=O) groups is 1. The van der Waals surface area contributed by atoms with Crippen LogP contribution in [0.4, 0.5) is 5.82 Å². The van der Waals surface area contributed by atoms with Crippen LogP contribution in [0.5, 0.6) is 0 Å². The first kappa shape index (κ1) is 14.7. The molecule has 0 unspecified atom stereocenters. The average molecular weight is 278 g/mol. The number of methoxy groups -OCH3 is 1. The van der Waals surface area contributed by atoms with Crippen molar-refractivity contribution in [3.63, 3.8) is 0 Å². The van der Waals surface area contributed by atoms with Crippen LogP contribution in [0.25, 0.3) is 0 Å². The third-order valence-electron chi connectivity index (χ3n) is 3.83. The van der Waals surface area contributed by atoms with Crippen molar-refractivity contribution in [3.8, 4) is 0 Å². The molecule has 0 aliphatic heterocycles. The van der Waals surface area contributed by atoms with Crippen LogP contribution in [0.3, 0.4) is 0 Å². The number of carbonyl (C=O) groups excluding carboxylic acids is 1. The van der Waals surface area contributed by atoms with E-state index in [1.807, 2.05) is 0 Å². The van der Waals surface area contributed by atoms with Gasteiger partial charge in [0, 0.05) is 18.6 Å². The lowest BCUT2D eigenvalue weighted by molar-refractivity contribution is 0.0593. The Morgan fingerprint density at radius 3 is 2.70 bits per heavy atom. The molecule has 6 nitrogen and oxygen atoms in total. The van der Waals surface area contributed by atoms with Crippen molar-refractivity contribution in [2.24, 2.45) is 5.73 Å². The maximum atomic E-state index is 11.5. The smallest absolute Gasteiger partial charge is 0.358 e. The molecule has 0 amide bonds. The molecule has 0 saturated heterocycles. The predicted molar refractivity (Wildman–Crippen MR) is 76.6 cm³/mol. The number of rotatable bonds is 4. The topological polar surface area (TPSA) is 81.3 Å². The number of ether oxygens (including phenoxy) is 1. The van der Waals surface area contributed by atoms with E-state index in [1.54, 1.807) is 6.20 Å². The first-order valence-electron chi connectivity index (χ1n) is 7.08. The van der Waals surface area contributed by atoms with Gasteiger partial charge in [-0.25, -0.2) is 9.78 Å². The van der Waals surface area contributed by atoms with E-state index in [1.165, 1.54) is 13.3 Å². The van der Waals surface area contributed by atoms with Gasteiger partial charge in [-0.15, -0.1) is 0 Å². The Morgan fingerprint density at radius 1 is 1.40 bits per heavy atom. The predicted octanol–water partition coefficient (Wildman–Crippen LogP) is 1.36. The van der Waals surface area contributed by atoms with Crippen LogP contribution >= 0.6 is 0 Å². The molecule has 20 heavy (non-hydrogen) atoms. The fraction of sp³-hybridized carbons (Fsp3) is 0.643. The lowest BCUT2D eigenvalue weighted by Crippen LogP contribution is -2.41. The van der Waals surface area contributed by atoms with Crippen molar-refractivity contribution in [3.05, 3.63) is 18.1 Å². The van der Waals surface area contributed by atoms with Gasteiger partial charge in [0.2, 0.25) is 0 Å². The van der Waals surface area contributed by atoms with Gasteiger partial charge in [-0.1, -0.05) is 0 Å². The van der Waals surface area contributed by atoms with E-state index in [0.717, 1.165) is 38.0 Å². The molecule has 0 spiro atoms. The molecule has 110 valence electrons. The van der Waals surface area contributed by atoms with Gasteiger partial charge in [-0.3, -0.25) is 4.98 Å². The molecule has 1 aromatic heterocycles. The molecule has 1 fully saturated rings. The Labute approximate surface area is 119 Å². The first-order chi connectivity index (χ1) is 9.65. The Hall–Kier alpha value is -1.69. The zero-order chi connectivity index (χ0) is 14.5. The van der Waals surface area contributed by atoms with Gasteiger partial charge in [0.1, 0.15) is 5.82 Å². The summed E-state index contributed by atoms with van der Waals surface area (Å²) in [5.41, 5.74) is 6.20. The zero-order valence-electron chi connectivity index (χ0n) is 12.1. The minimum absolute atomic E-state index is 0.246. The van der Waals surface area contributed by atoms with Crippen LogP contribution < -0.4 is 10.6 Å². The van der Waals surface area contributed by atoms with Crippen molar-refractivity contribution in [1.29, 1.82) is 0 Å². The van der Waals surface area contributed by atoms with Crippen LogP contribution in [0.1, 0.15) is 43.1 Å². The number of esters is 1. The normalized spacial score (nSPS) is 22.4. The molecule has 2 N–H and O–H groups in total. The number of hydrogen-bond acceptors (Lipinski definition) is 6. The highest BCUT2D eigenvalue weighted by Crippen LogP contribution is 2.25. The second-order valence-corrected chi connectivity index (χ2v) is 5.11. The van der Waals surface area contributed by atoms with Gasteiger partial charge in [-0.05, 0) is 32.6 Å². The van der Waals surface area contributed by atoms with E-state index in [9.17, 15) is 4.79 Å². The summed E-state index contributed by atoms with van der Waals surface area (Å²) < 4.78 is 4.69. The molecule has 1 aliphatic rings. The summed E-state index contributed by atoms with van der Waals surface area (Å²) >= 11 is 0. The van der Waals surface area contributed by atoms with Crippen molar-refractivity contribution < 1.29 is 9.53 Å². The maximum Gasteiger partial charge on any atom is 0.358 e. The number of aromatic nitrogens is 2. The third-order valence-corrected chi connectivity index (χ3v) is 3.83. The fourth-order valence-electron chi connectivity index (χ4n) is 2.72. The highest BCUT2D eigenvalue weighted by Gasteiger charge is 2.25. The highest BCUT2D eigenvalue weighted by atomic mass is 16.5. The summed E-state index contributed by atoms with van der Waals surface area (Å²) in [6, 6.07) is 0.736. The Kier molecular flexibility index (Phi) is 4.89. The van der Waals surface area contributed by atoms with E-state index in [4.69, 9.17) is 5.73 Å². The molecule has 1 saturated carbocycles. The number of anilines is 1. The quantitative estimate of drug-likeness (QED) is 0.837. The monoisotopic (exact) mass is 278 g/mol. The summed E-state index contributed by atoms with van der Waals surface area (Å²) in [6.45, 7) is 2.92. The molecule has 6 heteroatoms. The largest absolute Gasteiger partial charge is 0.464 e. The van der Waals surface area contributed by atoms with Crippen molar-refractivity contribution in [2.45, 2.75) is 44.7 Å². The van der Waals surface area contributed by atoms with Gasteiger partial charge >= 0.3 is 5.97 Å². The van der Waals surface area contributed by atoms with Gasteiger partial charge in [0.15, 0.2) is 5.69 Å². The fourth-order valence-corrected chi connectivity index (χ4v) is 2.72. The highest BCUT2D eigenvalue weighted by molar-refractivity contribution is 5.87. The molecular formula is C14H22N4O2. The number of nitrogens with two attached hydrogens (primary N) is 1. The van der Waals surface area contributed by atoms with Crippen molar-refractivity contribution >= 4 is 11.8 Å². The minimum atomic E-state index is -0.457. The number of hydrogen-bond donors (Lipinski definition) is 1. The molecule has 1 aromatic rings. The zero-order valence-corrected chi connectivity index (χ0v) is 12.1. The molecular weight excluding hydrogens is 256 g/mol. The number of nitrogens with zero attached hydrogens (tertiary/aromatic N) is 3. The molecule has 0 aromatic carbocycles. The molecule has 1 heterocycles. The second-order valence-electron chi connectivity index (χ2n) is 5.11. The van der Waals surface area contributed by atoms with Crippen LogP contribution in [-0.2, 0) is 4.74 Å². The first-order valence-corrected chi connectivity index (χ1v) is 7.08. The lowest BCUT2D eigenvalue weighted by atomic mass is 9.91. The Bertz CT molecular complexity index is 458. The summed E-state index contributed by atoms with van der Waals surface area (Å²) in [6.07, 6.45) is 7.30. The summed E-state index contributed by atoms with van der Waals surface area (Å²) in [5, 5.41) is 0.